The zero-order valence-electron chi connectivity index (χ0n) is 12.1. The molecule has 0 radical (unpaired) electrons. The zero-order valence-corrected chi connectivity index (χ0v) is 12.8. The third-order valence-corrected chi connectivity index (χ3v) is 4.25. The number of aryl methyl sites for hydroxylation is 1. The van der Waals surface area contributed by atoms with E-state index in [2.05, 4.69) is 31.1 Å². The SMILES string of the molecule is Cc1nc(N2CCC(c3n[nH]c(=O)[nH]3)CC2)c(Cl)cc1C#N. The number of hydrogen-bond donors (Lipinski definition) is 2. The second-order valence-electron chi connectivity index (χ2n) is 5.36. The van der Waals surface area contributed by atoms with Crippen molar-refractivity contribution in [3.8, 4) is 6.07 Å². The second kappa shape index (κ2) is 5.81. The van der Waals surface area contributed by atoms with Gasteiger partial charge in [0.2, 0.25) is 0 Å². The first-order valence-electron chi connectivity index (χ1n) is 7.05. The maximum Gasteiger partial charge on any atom is 0.340 e. The van der Waals surface area contributed by atoms with Crippen LogP contribution in [-0.2, 0) is 0 Å². The van der Waals surface area contributed by atoms with E-state index in [-0.39, 0.29) is 11.6 Å². The van der Waals surface area contributed by atoms with Crippen LogP contribution in [-0.4, -0.2) is 33.3 Å². The molecule has 1 aliphatic heterocycles. The maximum atomic E-state index is 11.1. The molecule has 0 spiro atoms. The maximum absolute atomic E-state index is 11.1. The van der Waals surface area contributed by atoms with E-state index in [4.69, 9.17) is 16.9 Å². The number of nitrogens with one attached hydrogen (secondary N) is 2. The van der Waals surface area contributed by atoms with E-state index in [1.807, 2.05) is 0 Å². The average Bonchev–Trinajstić information content (AvgIpc) is 2.96. The first-order chi connectivity index (χ1) is 10.6. The van der Waals surface area contributed by atoms with Crippen molar-refractivity contribution in [3.05, 3.63) is 38.7 Å². The van der Waals surface area contributed by atoms with Crippen molar-refractivity contribution in [2.45, 2.75) is 25.7 Å². The van der Waals surface area contributed by atoms with Crippen molar-refractivity contribution in [2.75, 3.05) is 18.0 Å². The van der Waals surface area contributed by atoms with Crippen LogP contribution in [0, 0.1) is 18.3 Å². The lowest BCUT2D eigenvalue weighted by atomic mass is 9.96. The van der Waals surface area contributed by atoms with Gasteiger partial charge in [-0.25, -0.2) is 14.9 Å². The van der Waals surface area contributed by atoms with Crippen LogP contribution in [0.3, 0.4) is 0 Å². The Morgan fingerprint density at radius 1 is 1.45 bits per heavy atom. The fourth-order valence-corrected chi connectivity index (χ4v) is 3.02. The number of aromatic amines is 2. The zero-order chi connectivity index (χ0) is 15.7. The van der Waals surface area contributed by atoms with Crippen molar-refractivity contribution in [1.82, 2.24) is 20.2 Å². The molecule has 22 heavy (non-hydrogen) atoms. The molecule has 0 aromatic carbocycles. The molecule has 0 saturated carbocycles. The van der Waals surface area contributed by atoms with E-state index in [1.54, 1.807) is 13.0 Å². The van der Waals surface area contributed by atoms with E-state index >= 15 is 0 Å². The first kappa shape index (κ1) is 14.6. The number of pyridine rings is 1. The van der Waals surface area contributed by atoms with E-state index in [9.17, 15) is 4.79 Å². The fourth-order valence-electron chi connectivity index (χ4n) is 2.74. The molecule has 0 aliphatic carbocycles. The lowest BCUT2D eigenvalue weighted by Crippen LogP contribution is -2.34. The standard InChI is InChI=1S/C14H15ClN6O/c1-8-10(7-16)6-11(15)13(17-8)21-4-2-9(3-5-21)12-18-14(22)20-19-12/h6,9H,2-5H2,1H3,(H2,18,19,20,22). The molecule has 2 aromatic rings. The quantitative estimate of drug-likeness (QED) is 0.877. The fraction of sp³-hybridized carbons (Fsp3) is 0.429. The highest BCUT2D eigenvalue weighted by molar-refractivity contribution is 6.33. The number of halogens is 1. The van der Waals surface area contributed by atoms with Crippen LogP contribution >= 0.6 is 11.6 Å². The predicted octanol–water partition coefficient (Wildman–Crippen LogP) is 1.71. The average molecular weight is 319 g/mol. The third kappa shape index (κ3) is 2.70. The molecule has 114 valence electrons. The van der Waals surface area contributed by atoms with Crippen molar-refractivity contribution < 1.29 is 0 Å². The van der Waals surface area contributed by atoms with Crippen LogP contribution in [0.15, 0.2) is 10.9 Å². The van der Waals surface area contributed by atoms with E-state index in [0.29, 0.717) is 27.9 Å². The van der Waals surface area contributed by atoms with Crippen LogP contribution in [0.1, 0.15) is 35.8 Å². The van der Waals surface area contributed by atoms with Gasteiger partial charge in [-0.15, -0.1) is 0 Å². The predicted molar refractivity (Wildman–Crippen MR) is 82.1 cm³/mol. The molecule has 3 heterocycles. The highest BCUT2D eigenvalue weighted by Gasteiger charge is 2.25. The Kier molecular flexibility index (Phi) is 3.86. The van der Waals surface area contributed by atoms with Gasteiger partial charge < -0.3 is 4.90 Å². The summed E-state index contributed by atoms with van der Waals surface area (Å²) < 4.78 is 0. The Morgan fingerprint density at radius 3 is 2.77 bits per heavy atom. The van der Waals surface area contributed by atoms with Crippen molar-refractivity contribution in [2.24, 2.45) is 0 Å². The Labute approximate surface area is 131 Å². The number of nitrogens with zero attached hydrogens (tertiary/aromatic N) is 4. The minimum Gasteiger partial charge on any atom is -0.355 e. The topological polar surface area (TPSA) is 101 Å². The normalized spacial score (nSPS) is 15.8. The van der Waals surface area contributed by atoms with Gasteiger partial charge in [0, 0.05) is 19.0 Å². The molecule has 8 heteroatoms. The van der Waals surface area contributed by atoms with Gasteiger partial charge in [0.1, 0.15) is 17.7 Å². The number of nitriles is 1. The molecule has 1 aliphatic rings. The van der Waals surface area contributed by atoms with Crippen molar-refractivity contribution >= 4 is 17.4 Å². The minimum atomic E-state index is -0.273. The Morgan fingerprint density at radius 2 is 2.18 bits per heavy atom. The molecule has 0 amide bonds. The van der Waals surface area contributed by atoms with Crippen LogP contribution in [0.5, 0.6) is 0 Å². The smallest absolute Gasteiger partial charge is 0.340 e. The second-order valence-corrected chi connectivity index (χ2v) is 5.77. The monoisotopic (exact) mass is 318 g/mol. The molecule has 1 fully saturated rings. The molecule has 0 unspecified atom stereocenters. The number of hydrogen-bond acceptors (Lipinski definition) is 5. The van der Waals surface area contributed by atoms with Crippen molar-refractivity contribution in [1.29, 1.82) is 5.26 Å². The summed E-state index contributed by atoms with van der Waals surface area (Å²) in [6, 6.07) is 3.75. The molecular formula is C14H15ClN6O. The van der Waals surface area contributed by atoms with E-state index in [0.717, 1.165) is 25.9 Å². The van der Waals surface area contributed by atoms with Gasteiger partial charge in [-0.2, -0.15) is 10.4 Å². The Bertz CT molecular complexity index is 781. The van der Waals surface area contributed by atoms with Gasteiger partial charge >= 0.3 is 5.69 Å². The summed E-state index contributed by atoms with van der Waals surface area (Å²) in [5.74, 6) is 1.65. The summed E-state index contributed by atoms with van der Waals surface area (Å²) in [5, 5.41) is 15.9. The summed E-state index contributed by atoms with van der Waals surface area (Å²) in [7, 11) is 0. The van der Waals surface area contributed by atoms with E-state index in [1.165, 1.54) is 0 Å². The molecular weight excluding hydrogens is 304 g/mol. The molecule has 7 nitrogen and oxygen atoms in total. The molecule has 3 rings (SSSR count). The first-order valence-corrected chi connectivity index (χ1v) is 7.43. The molecule has 0 atom stereocenters. The molecule has 2 N–H and O–H groups in total. The van der Waals surface area contributed by atoms with Crippen LogP contribution < -0.4 is 10.6 Å². The number of rotatable bonds is 2. The lowest BCUT2D eigenvalue weighted by molar-refractivity contribution is 0.484. The van der Waals surface area contributed by atoms with Gasteiger partial charge in [-0.05, 0) is 25.8 Å². The number of H-pyrrole nitrogens is 2. The van der Waals surface area contributed by atoms with Crippen LogP contribution in [0.25, 0.3) is 0 Å². The minimum absolute atomic E-state index is 0.230. The summed E-state index contributed by atoms with van der Waals surface area (Å²) in [6.07, 6.45) is 1.72. The third-order valence-electron chi connectivity index (χ3n) is 3.97. The summed E-state index contributed by atoms with van der Waals surface area (Å²) in [5.41, 5.74) is 0.906. The molecule has 1 saturated heterocycles. The summed E-state index contributed by atoms with van der Waals surface area (Å²) in [6.45, 7) is 3.36. The van der Waals surface area contributed by atoms with Gasteiger partial charge in [0.15, 0.2) is 0 Å². The highest BCUT2D eigenvalue weighted by atomic mass is 35.5. The summed E-state index contributed by atoms with van der Waals surface area (Å²) in [4.78, 5) is 20.4. The van der Waals surface area contributed by atoms with Crippen LogP contribution in [0.4, 0.5) is 5.82 Å². The van der Waals surface area contributed by atoms with Gasteiger partial charge in [0.05, 0.1) is 16.3 Å². The van der Waals surface area contributed by atoms with Gasteiger partial charge in [-0.3, -0.25) is 4.98 Å². The van der Waals surface area contributed by atoms with Gasteiger partial charge in [0.25, 0.3) is 0 Å². The van der Waals surface area contributed by atoms with Gasteiger partial charge in [-0.1, -0.05) is 11.6 Å². The number of piperidine rings is 1. The lowest BCUT2D eigenvalue weighted by Gasteiger charge is -2.32. The van der Waals surface area contributed by atoms with E-state index < -0.39 is 0 Å². The number of aromatic nitrogens is 4. The Balaban J connectivity index is 1.75. The molecule has 0 bridgehead atoms. The molecule has 2 aromatic heterocycles. The van der Waals surface area contributed by atoms with Crippen molar-refractivity contribution in [3.63, 3.8) is 0 Å². The number of anilines is 1. The highest BCUT2D eigenvalue weighted by Crippen LogP contribution is 2.31. The Hall–Kier alpha value is -2.33. The summed E-state index contributed by atoms with van der Waals surface area (Å²) >= 11 is 6.25. The van der Waals surface area contributed by atoms with Crippen LogP contribution in [0.2, 0.25) is 5.02 Å². The largest absolute Gasteiger partial charge is 0.355 e.